The molecule has 128 valence electrons. The minimum absolute atomic E-state index is 0. The van der Waals surface area contributed by atoms with Gasteiger partial charge < -0.3 is 16.0 Å². The van der Waals surface area contributed by atoms with E-state index in [0.29, 0.717) is 6.04 Å². The van der Waals surface area contributed by atoms with Crippen LogP contribution in [0, 0.1) is 5.92 Å². The number of amides is 1. The Labute approximate surface area is 145 Å². The molecule has 1 amide bonds. The first-order valence-electron chi connectivity index (χ1n) is 8.50. The van der Waals surface area contributed by atoms with E-state index < -0.39 is 0 Å². The molecule has 2 fully saturated rings. The summed E-state index contributed by atoms with van der Waals surface area (Å²) < 4.78 is 0. The summed E-state index contributed by atoms with van der Waals surface area (Å²) in [7, 11) is 0. The van der Waals surface area contributed by atoms with Gasteiger partial charge >= 0.3 is 0 Å². The lowest BCUT2D eigenvalue weighted by Crippen LogP contribution is -2.56. The second-order valence-electron chi connectivity index (χ2n) is 6.84. The highest BCUT2D eigenvalue weighted by Gasteiger charge is 2.36. The van der Waals surface area contributed by atoms with Crippen molar-refractivity contribution in [2.75, 3.05) is 19.6 Å². The summed E-state index contributed by atoms with van der Waals surface area (Å²) in [4.78, 5) is 12.1. The van der Waals surface area contributed by atoms with E-state index in [-0.39, 0.29) is 29.8 Å². The van der Waals surface area contributed by atoms with Crippen molar-refractivity contribution in [1.29, 1.82) is 0 Å². The van der Waals surface area contributed by atoms with Crippen molar-refractivity contribution in [3.63, 3.8) is 0 Å². The second-order valence-corrected chi connectivity index (χ2v) is 6.84. The quantitative estimate of drug-likeness (QED) is 0.747. The minimum Gasteiger partial charge on any atom is -0.354 e. The van der Waals surface area contributed by atoms with Crippen LogP contribution in [0.3, 0.4) is 0 Å². The Kier molecular flexibility index (Phi) is 6.45. The lowest BCUT2D eigenvalue weighted by atomic mass is 9.93. The molecule has 2 aliphatic rings. The molecule has 5 heteroatoms. The van der Waals surface area contributed by atoms with Gasteiger partial charge in [-0.05, 0) is 25.3 Å². The SMILES string of the molecule is CC(NC1(CNC(=O)C2CNC2)CCCC1)c1ccccc1.Cl. The van der Waals surface area contributed by atoms with E-state index in [4.69, 9.17) is 0 Å². The molecule has 0 aromatic heterocycles. The fraction of sp³-hybridized carbons (Fsp3) is 0.611. The van der Waals surface area contributed by atoms with Crippen molar-refractivity contribution in [1.82, 2.24) is 16.0 Å². The van der Waals surface area contributed by atoms with Crippen LogP contribution in [0.4, 0.5) is 0 Å². The Morgan fingerprint density at radius 2 is 1.91 bits per heavy atom. The summed E-state index contributed by atoms with van der Waals surface area (Å²) in [6.07, 6.45) is 4.78. The smallest absolute Gasteiger partial charge is 0.225 e. The van der Waals surface area contributed by atoms with Crippen LogP contribution in [0.25, 0.3) is 0 Å². The summed E-state index contributed by atoms with van der Waals surface area (Å²) in [5.41, 5.74) is 1.37. The van der Waals surface area contributed by atoms with E-state index in [2.05, 4.69) is 53.2 Å². The average Bonchev–Trinajstić information content (AvgIpc) is 2.93. The van der Waals surface area contributed by atoms with Crippen LogP contribution in [0.5, 0.6) is 0 Å². The number of hydrogen-bond donors (Lipinski definition) is 3. The molecular formula is C18H28ClN3O. The molecule has 23 heavy (non-hydrogen) atoms. The van der Waals surface area contributed by atoms with Gasteiger partial charge in [0.2, 0.25) is 5.91 Å². The number of carbonyl (C=O) groups excluding carboxylic acids is 1. The predicted molar refractivity (Wildman–Crippen MR) is 95.8 cm³/mol. The Bertz CT molecular complexity index is 498. The highest BCUT2D eigenvalue weighted by Crippen LogP contribution is 2.32. The van der Waals surface area contributed by atoms with Crippen LogP contribution in [-0.2, 0) is 4.79 Å². The maximum atomic E-state index is 12.1. The van der Waals surface area contributed by atoms with Gasteiger partial charge in [0, 0.05) is 31.2 Å². The third kappa shape index (κ3) is 4.46. The Morgan fingerprint density at radius 3 is 2.48 bits per heavy atom. The summed E-state index contributed by atoms with van der Waals surface area (Å²) in [6.45, 7) is 4.62. The first-order valence-corrected chi connectivity index (χ1v) is 8.50. The zero-order valence-corrected chi connectivity index (χ0v) is 14.6. The van der Waals surface area contributed by atoms with Crippen molar-refractivity contribution in [2.45, 2.75) is 44.2 Å². The van der Waals surface area contributed by atoms with E-state index >= 15 is 0 Å². The van der Waals surface area contributed by atoms with E-state index in [1.165, 1.54) is 18.4 Å². The number of halogens is 1. The van der Waals surface area contributed by atoms with Gasteiger partial charge in [0.25, 0.3) is 0 Å². The molecule has 0 spiro atoms. The van der Waals surface area contributed by atoms with E-state index in [1.54, 1.807) is 0 Å². The predicted octanol–water partition coefficient (Wildman–Crippen LogP) is 2.41. The summed E-state index contributed by atoms with van der Waals surface area (Å²) >= 11 is 0. The summed E-state index contributed by atoms with van der Waals surface area (Å²) in [6, 6.07) is 10.9. The molecule has 1 saturated carbocycles. The minimum atomic E-state index is 0. The van der Waals surface area contributed by atoms with Gasteiger partial charge in [-0.3, -0.25) is 4.79 Å². The van der Waals surface area contributed by atoms with Crippen molar-refractivity contribution >= 4 is 18.3 Å². The van der Waals surface area contributed by atoms with Crippen molar-refractivity contribution in [3.8, 4) is 0 Å². The molecule has 0 radical (unpaired) electrons. The molecule has 3 N–H and O–H groups in total. The lowest BCUT2D eigenvalue weighted by Gasteiger charge is -2.35. The Hall–Kier alpha value is -1.10. The van der Waals surface area contributed by atoms with Crippen LogP contribution in [-0.4, -0.2) is 31.1 Å². The molecule has 1 aromatic carbocycles. The third-order valence-corrected chi connectivity index (χ3v) is 5.14. The molecule has 1 heterocycles. The standard InChI is InChI=1S/C18H27N3O.ClH/c1-14(15-7-3-2-4-8-15)21-18(9-5-6-10-18)13-20-17(22)16-11-19-12-16;/h2-4,7-8,14,16,19,21H,5-6,9-13H2,1H3,(H,20,22);1H. The van der Waals surface area contributed by atoms with Crippen LogP contribution in [0.15, 0.2) is 30.3 Å². The summed E-state index contributed by atoms with van der Waals surface area (Å²) in [5, 5.41) is 10.1. The Morgan fingerprint density at radius 1 is 1.26 bits per heavy atom. The van der Waals surface area contributed by atoms with Gasteiger partial charge in [0.05, 0.1) is 5.92 Å². The van der Waals surface area contributed by atoms with Gasteiger partial charge in [0.1, 0.15) is 0 Å². The molecule has 1 unspecified atom stereocenters. The Balaban J connectivity index is 0.00000192. The number of nitrogens with one attached hydrogen (secondary N) is 3. The molecule has 0 bridgehead atoms. The molecule has 1 aromatic rings. The van der Waals surface area contributed by atoms with Gasteiger partial charge in [-0.25, -0.2) is 0 Å². The van der Waals surface area contributed by atoms with Crippen LogP contribution in [0.2, 0.25) is 0 Å². The van der Waals surface area contributed by atoms with Gasteiger partial charge in [-0.1, -0.05) is 43.2 Å². The van der Waals surface area contributed by atoms with Crippen molar-refractivity contribution < 1.29 is 4.79 Å². The van der Waals surface area contributed by atoms with Gasteiger partial charge in [-0.15, -0.1) is 12.4 Å². The third-order valence-electron chi connectivity index (χ3n) is 5.14. The molecule has 1 aliphatic carbocycles. The fourth-order valence-electron chi connectivity index (χ4n) is 3.58. The van der Waals surface area contributed by atoms with Crippen LogP contribution >= 0.6 is 12.4 Å². The maximum absolute atomic E-state index is 12.1. The van der Waals surface area contributed by atoms with Gasteiger partial charge in [0.15, 0.2) is 0 Å². The highest BCUT2D eigenvalue weighted by molar-refractivity contribution is 5.85. The zero-order chi connectivity index (χ0) is 15.4. The summed E-state index contributed by atoms with van der Waals surface area (Å²) in [5.74, 6) is 0.379. The number of carbonyl (C=O) groups is 1. The number of rotatable bonds is 6. The molecule has 1 atom stereocenters. The van der Waals surface area contributed by atoms with Crippen LogP contribution in [0.1, 0.15) is 44.2 Å². The first-order chi connectivity index (χ1) is 10.7. The molecule has 4 nitrogen and oxygen atoms in total. The topological polar surface area (TPSA) is 53.2 Å². The number of benzene rings is 1. The number of hydrogen-bond acceptors (Lipinski definition) is 3. The van der Waals surface area contributed by atoms with E-state index in [1.807, 2.05) is 0 Å². The highest BCUT2D eigenvalue weighted by atomic mass is 35.5. The van der Waals surface area contributed by atoms with Gasteiger partial charge in [-0.2, -0.15) is 0 Å². The second kappa shape index (κ2) is 8.13. The fourth-order valence-corrected chi connectivity index (χ4v) is 3.58. The normalized spacial score (nSPS) is 21.1. The van der Waals surface area contributed by atoms with Crippen molar-refractivity contribution in [3.05, 3.63) is 35.9 Å². The molecule has 1 aliphatic heterocycles. The van der Waals surface area contributed by atoms with Crippen LogP contribution < -0.4 is 16.0 Å². The molecule has 3 rings (SSSR count). The monoisotopic (exact) mass is 337 g/mol. The average molecular weight is 338 g/mol. The zero-order valence-electron chi connectivity index (χ0n) is 13.8. The lowest BCUT2D eigenvalue weighted by molar-refractivity contribution is -0.126. The largest absolute Gasteiger partial charge is 0.354 e. The molecule has 1 saturated heterocycles. The maximum Gasteiger partial charge on any atom is 0.225 e. The van der Waals surface area contributed by atoms with E-state index in [0.717, 1.165) is 32.5 Å². The first kappa shape index (κ1) is 18.2. The van der Waals surface area contributed by atoms with Crippen molar-refractivity contribution in [2.24, 2.45) is 5.92 Å². The van der Waals surface area contributed by atoms with E-state index in [9.17, 15) is 4.79 Å². The molecular weight excluding hydrogens is 310 g/mol.